The molecule has 1 atom stereocenters. The first kappa shape index (κ1) is 14.7. The molecule has 0 bridgehead atoms. The van der Waals surface area contributed by atoms with Crippen molar-refractivity contribution < 1.29 is 14.2 Å². The van der Waals surface area contributed by atoms with Gasteiger partial charge >= 0.3 is 0 Å². The molecule has 1 N–H and O–H groups in total. The van der Waals surface area contributed by atoms with Crippen molar-refractivity contribution in [1.29, 1.82) is 0 Å². The van der Waals surface area contributed by atoms with Crippen LogP contribution in [0.15, 0.2) is 46.8 Å². The van der Waals surface area contributed by atoms with Crippen LogP contribution in [0.4, 0.5) is 4.39 Å². The first-order valence-electron chi connectivity index (χ1n) is 6.62. The van der Waals surface area contributed by atoms with E-state index in [1.54, 1.807) is 11.4 Å². The van der Waals surface area contributed by atoms with Gasteiger partial charge in [0.1, 0.15) is 29.1 Å². The van der Waals surface area contributed by atoms with E-state index in [4.69, 9.17) is 4.74 Å². The van der Waals surface area contributed by atoms with Crippen molar-refractivity contribution in [2.75, 3.05) is 6.61 Å². The van der Waals surface area contributed by atoms with Crippen LogP contribution in [0.25, 0.3) is 10.2 Å². The lowest BCUT2D eigenvalue weighted by Gasteiger charge is -2.13. The summed E-state index contributed by atoms with van der Waals surface area (Å²) in [5.41, 5.74) is -0.188. The fraction of sp³-hybridized carbons (Fsp3) is 0.200. The highest BCUT2D eigenvalue weighted by molar-refractivity contribution is 7.16. The standard InChI is InChI=1S/C15H13FN2O3S/c16-10-1-3-12(4-2-10)21-8-11(19)7-18-9-17-14-13(15(18)20)5-6-22-14/h1-6,9,11,19H,7-8H2. The molecule has 0 spiro atoms. The zero-order valence-corrected chi connectivity index (χ0v) is 12.3. The summed E-state index contributed by atoms with van der Waals surface area (Å²) < 4.78 is 19.5. The van der Waals surface area contributed by atoms with E-state index in [1.807, 2.05) is 0 Å². The minimum Gasteiger partial charge on any atom is -0.491 e. The quantitative estimate of drug-likeness (QED) is 0.781. The van der Waals surface area contributed by atoms with E-state index in [0.29, 0.717) is 16.0 Å². The second-order valence-corrected chi connectivity index (χ2v) is 5.65. The van der Waals surface area contributed by atoms with Gasteiger partial charge in [-0.15, -0.1) is 11.3 Å². The van der Waals surface area contributed by atoms with Gasteiger partial charge in [-0.2, -0.15) is 0 Å². The first-order chi connectivity index (χ1) is 10.6. The molecular weight excluding hydrogens is 307 g/mol. The highest BCUT2D eigenvalue weighted by Gasteiger charge is 2.10. The molecule has 3 aromatic rings. The van der Waals surface area contributed by atoms with Gasteiger partial charge in [-0.05, 0) is 35.7 Å². The molecule has 22 heavy (non-hydrogen) atoms. The average Bonchev–Trinajstić information content (AvgIpc) is 2.99. The second kappa shape index (κ2) is 6.25. The zero-order valence-electron chi connectivity index (χ0n) is 11.5. The summed E-state index contributed by atoms with van der Waals surface area (Å²) in [4.78, 5) is 17.0. The summed E-state index contributed by atoms with van der Waals surface area (Å²) in [6, 6.07) is 7.23. The van der Waals surface area contributed by atoms with Crippen molar-refractivity contribution in [2.45, 2.75) is 12.6 Å². The van der Waals surface area contributed by atoms with E-state index in [1.165, 1.54) is 46.5 Å². The Morgan fingerprint density at radius 2 is 2.09 bits per heavy atom. The van der Waals surface area contributed by atoms with E-state index in [0.717, 1.165) is 0 Å². The van der Waals surface area contributed by atoms with Crippen molar-refractivity contribution in [3.8, 4) is 5.75 Å². The number of hydrogen-bond acceptors (Lipinski definition) is 5. The fourth-order valence-electron chi connectivity index (χ4n) is 2.03. The van der Waals surface area contributed by atoms with Crippen LogP contribution < -0.4 is 10.3 Å². The number of rotatable bonds is 5. The van der Waals surface area contributed by atoms with Gasteiger partial charge in [0, 0.05) is 0 Å². The van der Waals surface area contributed by atoms with Gasteiger partial charge in [-0.25, -0.2) is 9.37 Å². The Labute approximate surface area is 129 Å². The number of hydrogen-bond donors (Lipinski definition) is 1. The Morgan fingerprint density at radius 3 is 2.86 bits per heavy atom. The molecule has 7 heteroatoms. The third kappa shape index (κ3) is 3.15. The molecule has 0 aliphatic carbocycles. The van der Waals surface area contributed by atoms with Crippen molar-refractivity contribution in [2.24, 2.45) is 0 Å². The van der Waals surface area contributed by atoms with Gasteiger partial charge in [-0.3, -0.25) is 9.36 Å². The molecule has 0 radical (unpaired) electrons. The molecule has 1 aromatic carbocycles. The molecule has 1 unspecified atom stereocenters. The maximum Gasteiger partial charge on any atom is 0.262 e. The number of fused-ring (bicyclic) bond motifs is 1. The van der Waals surface area contributed by atoms with E-state index in [9.17, 15) is 14.3 Å². The number of halogens is 1. The zero-order chi connectivity index (χ0) is 15.5. The molecule has 0 saturated carbocycles. The van der Waals surface area contributed by atoms with Gasteiger partial charge in [0.15, 0.2) is 0 Å². The van der Waals surface area contributed by atoms with Crippen LogP contribution in [-0.2, 0) is 6.54 Å². The minimum absolute atomic E-state index is 0.000252. The van der Waals surface area contributed by atoms with Crippen molar-refractivity contribution in [3.63, 3.8) is 0 Å². The van der Waals surface area contributed by atoms with Crippen molar-refractivity contribution >= 4 is 21.6 Å². The number of aromatic nitrogens is 2. The maximum atomic E-state index is 12.8. The highest BCUT2D eigenvalue weighted by Crippen LogP contribution is 2.14. The molecule has 114 valence electrons. The van der Waals surface area contributed by atoms with Crippen LogP contribution in [0.3, 0.4) is 0 Å². The van der Waals surface area contributed by atoms with Crippen LogP contribution in [0.1, 0.15) is 0 Å². The van der Waals surface area contributed by atoms with E-state index in [2.05, 4.69) is 4.98 Å². The second-order valence-electron chi connectivity index (χ2n) is 4.76. The Hall–Kier alpha value is -2.25. The topological polar surface area (TPSA) is 64.4 Å². The summed E-state index contributed by atoms with van der Waals surface area (Å²) in [7, 11) is 0. The number of ether oxygens (including phenoxy) is 1. The average molecular weight is 320 g/mol. The first-order valence-corrected chi connectivity index (χ1v) is 7.50. The summed E-state index contributed by atoms with van der Waals surface area (Å²) in [5, 5.41) is 12.3. The largest absolute Gasteiger partial charge is 0.491 e. The lowest BCUT2D eigenvalue weighted by Crippen LogP contribution is -2.30. The van der Waals surface area contributed by atoms with Crippen LogP contribution in [0, 0.1) is 5.82 Å². The molecule has 0 amide bonds. The molecule has 0 saturated heterocycles. The van der Waals surface area contributed by atoms with Gasteiger partial charge in [0.2, 0.25) is 0 Å². The molecule has 0 aliphatic heterocycles. The van der Waals surface area contributed by atoms with Gasteiger partial charge < -0.3 is 9.84 Å². The summed E-state index contributed by atoms with van der Waals surface area (Å²) >= 11 is 1.40. The number of aliphatic hydroxyl groups excluding tert-OH is 1. The maximum absolute atomic E-state index is 12.8. The third-order valence-corrected chi connectivity index (χ3v) is 3.93. The molecule has 2 aromatic heterocycles. The van der Waals surface area contributed by atoms with E-state index >= 15 is 0 Å². The molecule has 0 aliphatic rings. The summed E-state index contributed by atoms with van der Waals surface area (Å²) in [6.07, 6.45) is 0.545. The lowest BCUT2D eigenvalue weighted by atomic mass is 10.3. The number of nitrogens with zero attached hydrogens (tertiary/aromatic N) is 2. The SMILES string of the molecule is O=c1c2ccsc2ncn1CC(O)COc1ccc(F)cc1. The highest BCUT2D eigenvalue weighted by atomic mass is 32.1. The predicted molar refractivity (Wildman–Crippen MR) is 81.8 cm³/mol. The Morgan fingerprint density at radius 1 is 1.32 bits per heavy atom. The van der Waals surface area contributed by atoms with Crippen LogP contribution in [-0.4, -0.2) is 27.4 Å². The van der Waals surface area contributed by atoms with Gasteiger partial charge in [0.05, 0.1) is 18.3 Å². The smallest absolute Gasteiger partial charge is 0.262 e. The molecule has 5 nitrogen and oxygen atoms in total. The Bertz CT molecular complexity index is 829. The van der Waals surface area contributed by atoms with Gasteiger partial charge in [0.25, 0.3) is 5.56 Å². The molecule has 2 heterocycles. The molecular formula is C15H13FN2O3S. The summed E-state index contributed by atoms with van der Waals surface area (Å²) in [6.45, 7) is 0.0819. The number of benzene rings is 1. The lowest BCUT2D eigenvalue weighted by molar-refractivity contribution is 0.0914. The third-order valence-electron chi connectivity index (χ3n) is 3.11. The van der Waals surface area contributed by atoms with Crippen LogP contribution in [0.2, 0.25) is 0 Å². The minimum atomic E-state index is -0.874. The number of thiophene rings is 1. The molecule has 0 fully saturated rings. The van der Waals surface area contributed by atoms with E-state index < -0.39 is 6.10 Å². The summed E-state index contributed by atoms with van der Waals surface area (Å²) in [5.74, 6) is 0.105. The van der Waals surface area contributed by atoms with Gasteiger partial charge in [-0.1, -0.05) is 0 Å². The number of aliphatic hydroxyl groups is 1. The predicted octanol–water partition coefficient (Wildman–Crippen LogP) is 2.04. The monoisotopic (exact) mass is 320 g/mol. The Kier molecular flexibility index (Phi) is 4.17. The Balaban J connectivity index is 1.65. The molecule has 3 rings (SSSR count). The van der Waals surface area contributed by atoms with Crippen LogP contribution >= 0.6 is 11.3 Å². The van der Waals surface area contributed by atoms with Crippen LogP contribution in [0.5, 0.6) is 5.75 Å². The normalized spacial score (nSPS) is 12.5. The van der Waals surface area contributed by atoms with Crippen molar-refractivity contribution in [3.05, 3.63) is 58.2 Å². The fourth-order valence-corrected chi connectivity index (χ4v) is 2.75. The van der Waals surface area contributed by atoms with E-state index in [-0.39, 0.29) is 24.5 Å². The van der Waals surface area contributed by atoms with Crippen molar-refractivity contribution in [1.82, 2.24) is 9.55 Å².